The predicted octanol–water partition coefficient (Wildman–Crippen LogP) is 6.37. The topological polar surface area (TPSA) is 34.5 Å². The van der Waals surface area contributed by atoms with Crippen LogP contribution in [0.15, 0.2) is 54.7 Å². The zero-order valence-electron chi connectivity index (χ0n) is 19.8. The molecule has 0 N–H and O–H groups in total. The molecular weight excluding hydrogens is 408 g/mol. The first-order chi connectivity index (χ1) is 16.2. The molecule has 4 heteroatoms. The first-order valence-electron chi connectivity index (χ1n) is 12.7. The third-order valence-corrected chi connectivity index (χ3v) is 7.80. The van der Waals surface area contributed by atoms with Gasteiger partial charge in [-0.15, -0.1) is 0 Å². The molecule has 4 nitrogen and oxygen atoms in total. The maximum atomic E-state index is 13.3. The first-order valence-corrected chi connectivity index (χ1v) is 12.7. The quantitative estimate of drug-likeness (QED) is 0.424. The number of benzene rings is 2. The average Bonchev–Trinajstić information content (AvgIpc) is 3.53. The van der Waals surface area contributed by atoms with Crippen molar-refractivity contribution in [2.45, 2.75) is 63.8 Å². The molecule has 0 bridgehead atoms. The summed E-state index contributed by atoms with van der Waals surface area (Å²) in [6, 6.07) is 17.1. The summed E-state index contributed by atoms with van der Waals surface area (Å²) in [5, 5.41) is 1.32. The van der Waals surface area contributed by atoms with Gasteiger partial charge in [0.25, 0.3) is 0 Å². The summed E-state index contributed by atoms with van der Waals surface area (Å²) in [4.78, 5) is 15.4. The van der Waals surface area contributed by atoms with E-state index >= 15 is 0 Å². The molecule has 1 atom stereocenters. The highest BCUT2D eigenvalue weighted by Crippen LogP contribution is 2.42. The van der Waals surface area contributed by atoms with E-state index in [1.165, 1.54) is 54.1 Å². The van der Waals surface area contributed by atoms with Crippen LogP contribution in [-0.4, -0.2) is 35.6 Å². The monoisotopic (exact) mass is 444 g/mol. The molecule has 5 rings (SSSR count). The van der Waals surface area contributed by atoms with Crippen LogP contribution in [-0.2, 0) is 11.3 Å². The number of rotatable bonds is 7. The fraction of sp³-hybridized carbons (Fsp3) is 0.483. The Morgan fingerprint density at radius 2 is 1.70 bits per heavy atom. The minimum Gasteiger partial charge on any atom is -0.497 e. The van der Waals surface area contributed by atoms with Crippen molar-refractivity contribution < 1.29 is 9.53 Å². The summed E-state index contributed by atoms with van der Waals surface area (Å²) in [6.45, 7) is 2.70. The number of amides is 1. The van der Waals surface area contributed by atoms with Gasteiger partial charge >= 0.3 is 0 Å². The Bertz CT molecular complexity index is 1070. The van der Waals surface area contributed by atoms with Crippen LogP contribution in [0, 0.1) is 5.92 Å². The van der Waals surface area contributed by atoms with Crippen LogP contribution in [0.25, 0.3) is 10.9 Å². The Hall–Kier alpha value is -2.75. The summed E-state index contributed by atoms with van der Waals surface area (Å²) in [5.74, 6) is 2.15. The second kappa shape index (κ2) is 10.0. The van der Waals surface area contributed by atoms with Crippen molar-refractivity contribution in [2.75, 3.05) is 20.2 Å². The molecule has 1 amide bonds. The van der Waals surface area contributed by atoms with Gasteiger partial charge in [0, 0.05) is 43.2 Å². The van der Waals surface area contributed by atoms with Crippen molar-refractivity contribution in [2.24, 2.45) is 5.92 Å². The summed E-state index contributed by atoms with van der Waals surface area (Å²) < 4.78 is 7.71. The molecule has 174 valence electrons. The van der Waals surface area contributed by atoms with Gasteiger partial charge in [-0.05, 0) is 66.8 Å². The van der Waals surface area contributed by atoms with Crippen molar-refractivity contribution in [3.8, 4) is 5.75 Å². The fourth-order valence-corrected chi connectivity index (χ4v) is 5.98. The summed E-state index contributed by atoms with van der Waals surface area (Å²) >= 11 is 0. The van der Waals surface area contributed by atoms with E-state index in [4.69, 9.17) is 4.74 Å². The first kappa shape index (κ1) is 22.1. The molecule has 0 spiro atoms. The third-order valence-electron chi connectivity index (χ3n) is 7.80. The van der Waals surface area contributed by atoms with Gasteiger partial charge in [-0.3, -0.25) is 4.79 Å². The van der Waals surface area contributed by atoms with Crippen molar-refractivity contribution in [3.05, 3.63) is 65.9 Å². The summed E-state index contributed by atoms with van der Waals surface area (Å²) in [7, 11) is 1.70. The third kappa shape index (κ3) is 4.80. The number of hydrogen-bond donors (Lipinski definition) is 0. The smallest absolute Gasteiger partial charge is 0.223 e. The lowest BCUT2D eigenvalue weighted by Gasteiger charge is -2.31. The molecule has 0 unspecified atom stereocenters. The van der Waals surface area contributed by atoms with Gasteiger partial charge in [0.2, 0.25) is 5.91 Å². The molecule has 1 aliphatic heterocycles. The Kier molecular flexibility index (Phi) is 6.70. The number of carbonyl (C=O) groups excluding carboxylic acids is 1. The van der Waals surface area contributed by atoms with E-state index < -0.39 is 0 Å². The Balaban J connectivity index is 1.49. The number of methoxy groups -OCH3 is 1. The van der Waals surface area contributed by atoms with E-state index in [2.05, 4.69) is 52.1 Å². The van der Waals surface area contributed by atoms with Gasteiger partial charge in [0.05, 0.1) is 7.11 Å². The molecule has 3 aromatic rings. The van der Waals surface area contributed by atoms with Crippen LogP contribution < -0.4 is 4.74 Å². The van der Waals surface area contributed by atoms with E-state index in [9.17, 15) is 4.79 Å². The highest BCUT2D eigenvalue weighted by Gasteiger charge is 2.31. The molecule has 0 radical (unpaired) electrons. The van der Waals surface area contributed by atoms with E-state index in [-0.39, 0.29) is 0 Å². The fourth-order valence-electron chi connectivity index (χ4n) is 5.98. The highest BCUT2D eigenvalue weighted by molar-refractivity contribution is 5.86. The molecule has 33 heavy (non-hydrogen) atoms. The molecule has 1 aromatic heterocycles. The largest absolute Gasteiger partial charge is 0.497 e. The number of para-hydroxylation sites is 1. The van der Waals surface area contributed by atoms with E-state index in [0.717, 1.165) is 38.2 Å². The number of likely N-dealkylation sites (tertiary alicyclic amines) is 1. The van der Waals surface area contributed by atoms with Gasteiger partial charge in [0.1, 0.15) is 5.75 Å². The highest BCUT2D eigenvalue weighted by atomic mass is 16.5. The van der Waals surface area contributed by atoms with Gasteiger partial charge in [0.15, 0.2) is 0 Å². The van der Waals surface area contributed by atoms with E-state index in [1.807, 2.05) is 12.1 Å². The normalized spacial score (nSPS) is 18.0. The van der Waals surface area contributed by atoms with Crippen LogP contribution >= 0.6 is 0 Å². The van der Waals surface area contributed by atoms with Crippen LogP contribution in [0.2, 0.25) is 0 Å². The lowest BCUT2D eigenvalue weighted by molar-refractivity contribution is -0.130. The second-order valence-corrected chi connectivity index (χ2v) is 9.87. The number of fused-ring (bicyclic) bond motifs is 1. The van der Waals surface area contributed by atoms with Crippen molar-refractivity contribution in [1.82, 2.24) is 9.47 Å². The minimum atomic E-state index is 0.306. The predicted molar refractivity (Wildman–Crippen MR) is 134 cm³/mol. The van der Waals surface area contributed by atoms with E-state index in [0.29, 0.717) is 24.2 Å². The number of nitrogens with zero attached hydrogens (tertiary/aromatic N) is 2. The molecule has 1 saturated carbocycles. The summed E-state index contributed by atoms with van der Waals surface area (Å²) in [5.41, 5.74) is 3.89. The zero-order valence-corrected chi connectivity index (χ0v) is 19.8. The minimum absolute atomic E-state index is 0.306. The molecule has 2 fully saturated rings. The van der Waals surface area contributed by atoms with Gasteiger partial charge in [-0.1, -0.05) is 49.6 Å². The van der Waals surface area contributed by atoms with Crippen molar-refractivity contribution >= 4 is 16.8 Å². The Labute approximate surface area is 197 Å². The molecule has 1 aliphatic carbocycles. The number of ether oxygens (including phenoxy) is 1. The maximum Gasteiger partial charge on any atom is 0.223 e. The van der Waals surface area contributed by atoms with Crippen LogP contribution in [0.4, 0.5) is 0 Å². The average molecular weight is 445 g/mol. The molecule has 1 saturated heterocycles. The molecule has 2 heterocycles. The number of aromatic nitrogens is 1. The van der Waals surface area contributed by atoms with Gasteiger partial charge < -0.3 is 14.2 Å². The Morgan fingerprint density at radius 3 is 2.42 bits per heavy atom. The second-order valence-electron chi connectivity index (χ2n) is 9.87. The lowest BCUT2D eigenvalue weighted by Crippen LogP contribution is -2.31. The standard InChI is InChI=1S/C29H36N2O2/c1-33-24-15-13-22(14-16-24)20-31-21-27(25-11-5-6-12-28(25)31)26(23-9-3-2-4-10-23)19-29(32)30-17-7-8-18-30/h5-6,11-16,21,23,26H,2-4,7-10,17-20H2,1H3/t26-/m1/s1. The molecule has 2 aromatic carbocycles. The van der Waals surface area contributed by atoms with Crippen LogP contribution in [0.5, 0.6) is 5.75 Å². The van der Waals surface area contributed by atoms with Crippen molar-refractivity contribution in [1.29, 1.82) is 0 Å². The lowest BCUT2D eigenvalue weighted by atomic mass is 9.75. The Morgan fingerprint density at radius 1 is 0.970 bits per heavy atom. The molecule has 2 aliphatic rings. The SMILES string of the molecule is COc1ccc(Cn2cc([C@H](CC(=O)N3CCCC3)C3CCCCC3)c3ccccc32)cc1. The zero-order chi connectivity index (χ0) is 22.6. The molecular formula is C29H36N2O2. The van der Waals surface area contributed by atoms with Crippen LogP contribution in [0.3, 0.4) is 0 Å². The number of carbonyl (C=O) groups is 1. The maximum absolute atomic E-state index is 13.3. The van der Waals surface area contributed by atoms with Crippen LogP contribution in [0.1, 0.15) is 68.4 Å². The van der Waals surface area contributed by atoms with Crippen molar-refractivity contribution in [3.63, 3.8) is 0 Å². The van der Waals surface area contributed by atoms with Gasteiger partial charge in [-0.25, -0.2) is 0 Å². The summed E-state index contributed by atoms with van der Waals surface area (Å²) in [6.07, 6.45) is 11.7. The number of hydrogen-bond acceptors (Lipinski definition) is 2. The van der Waals surface area contributed by atoms with E-state index in [1.54, 1.807) is 7.11 Å². The van der Waals surface area contributed by atoms with Gasteiger partial charge in [-0.2, -0.15) is 0 Å².